The van der Waals surface area contributed by atoms with E-state index in [1.807, 2.05) is 6.92 Å². The fourth-order valence-corrected chi connectivity index (χ4v) is 6.68. The second-order valence-electron chi connectivity index (χ2n) is 10.8. The Kier molecular flexibility index (Phi) is 9.69. The summed E-state index contributed by atoms with van der Waals surface area (Å²) >= 11 is 0. The summed E-state index contributed by atoms with van der Waals surface area (Å²) in [5.41, 5.74) is -0.173. The molecule has 3 atom stereocenters. The van der Waals surface area contributed by atoms with E-state index in [1.54, 1.807) is 98.8 Å². The number of benzene rings is 4. The summed E-state index contributed by atoms with van der Waals surface area (Å²) in [7, 11) is -4.13. The van der Waals surface area contributed by atoms with Gasteiger partial charge in [0.25, 0.3) is 0 Å². The van der Waals surface area contributed by atoms with Crippen molar-refractivity contribution in [3.8, 4) is 5.75 Å². The molecular weight excluding hydrogens is 608 g/mol. The summed E-state index contributed by atoms with van der Waals surface area (Å²) in [4.78, 5) is 42.7. The molecule has 46 heavy (non-hydrogen) atoms. The van der Waals surface area contributed by atoms with Crippen molar-refractivity contribution in [2.75, 3.05) is 13.2 Å². The molecule has 1 saturated heterocycles. The number of aryl methyl sites for hydroxylation is 1. The molecule has 1 aliphatic heterocycles. The molecule has 238 valence electrons. The predicted octanol–water partition coefficient (Wildman–Crippen LogP) is 6.19. The first-order valence-electron chi connectivity index (χ1n) is 14.9. The minimum Gasteiger partial charge on any atom is -0.465 e. The van der Waals surface area contributed by atoms with Gasteiger partial charge in [0.1, 0.15) is 16.7 Å². The Morgan fingerprint density at radius 2 is 1.26 bits per heavy atom. The molecule has 5 rings (SSSR count). The van der Waals surface area contributed by atoms with Gasteiger partial charge in [0.15, 0.2) is 5.78 Å². The number of ketones is 1. The van der Waals surface area contributed by atoms with Crippen molar-refractivity contribution >= 4 is 27.8 Å². The van der Waals surface area contributed by atoms with Gasteiger partial charge in [-0.3, -0.25) is 14.4 Å². The van der Waals surface area contributed by atoms with Gasteiger partial charge in [0.05, 0.1) is 25.2 Å². The van der Waals surface area contributed by atoms with Crippen molar-refractivity contribution < 1.29 is 41.2 Å². The largest absolute Gasteiger partial charge is 0.465 e. The number of Topliss-reactive ketones (excluding diaryl/α,β-unsaturated/α-hetero) is 1. The molecule has 0 aromatic heterocycles. The highest BCUT2D eigenvalue weighted by atomic mass is 32.2. The predicted molar refractivity (Wildman–Crippen MR) is 168 cm³/mol. The van der Waals surface area contributed by atoms with Gasteiger partial charge in [0, 0.05) is 5.56 Å². The third kappa shape index (κ3) is 6.18. The zero-order chi connectivity index (χ0) is 32.9. The summed E-state index contributed by atoms with van der Waals surface area (Å²) in [6.45, 7) is 4.95. The molecular formula is C36H34O9S. The van der Waals surface area contributed by atoms with Gasteiger partial charge < -0.3 is 18.4 Å². The van der Waals surface area contributed by atoms with Gasteiger partial charge in [-0.15, -0.1) is 0 Å². The Labute approximate surface area is 268 Å². The molecule has 1 aliphatic rings. The highest BCUT2D eigenvalue weighted by Crippen LogP contribution is 2.59. The summed E-state index contributed by atoms with van der Waals surface area (Å²) in [5.74, 6) is -3.80. The number of ether oxygens (including phenoxy) is 3. The number of carbonyl (C=O) groups is 3. The topological polar surface area (TPSA) is 122 Å². The van der Waals surface area contributed by atoms with Crippen molar-refractivity contribution in [1.82, 2.24) is 0 Å². The monoisotopic (exact) mass is 642 g/mol. The Balaban J connectivity index is 1.64. The first kappa shape index (κ1) is 32.6. The molecule has 0 aliphatic carbocycles. The van der Waals surface area contributed by atoms with Crippen LogP contribution in [0.5, 0.6) is 5.75 Å². The molecule has 9 nitrogen and oxygen atoms in total. The number of rotatable bonds is 11. The highest BCUT2D eigenvalue weighted by Gasteiger charge is 2.70. The molecule has 1 heterocycles. The summed E-state index contributed by atoms with van der Waals surface area (Å²) in [6.07, 6.45) is -2.40. The van der Waals surface area contributed by atoms with E-state index in [0.29, 0.717) is 11.1 Å². The number of carbonyl (C=O) groups excluding carboxylic acids is 3. The molecule has 0 amide bonds. The zero-order valence-electron chi connectivity index (χ0n) is 25.6. The van der Waals surface area contributed by atoms with E-state index >= 15 is 0 Å². The molecule has 1 fully saturated rings. The first-order chi connectivity index (χ1) is 22.1. The second-order valence-corrected chi connectivity index (χ2v) is 12.3. The van der Waals surface area contributed by atoms with E-state index in [9.17, 15) is 22.8 Å². The molecule has 10 heteroatoms. The van der Waals surface area contributed by atoms with Crippen LogP contribution in [0.4, 0.5) is 0 Å². The van der Waals surface area contributed by atoms with Gasteiger partial charge >= 0.3 is 22.1 Å². The molecule has 0 spiro atoms. The van der Waals surface area contributed by atoms with Crippen LogP contribution in [-0.4, -0.2) is 39.4 Å². The Hall–Kier alpha value is -4.80. The highest BCUT2D eigenvalue weighted by molar-refractivity contribution is 7.87. The van der Waals surface area contributed by atoms with Crippen LogP contribution in [0.2, 0.25) is 0 Å². The van der Waals surface area contributed by atoms with Crippen LogP contribution in [0.3, 0.4) is 0 Å². The third-order valence-electron chi connectivity index (χ3n) is 7.88. The lowest BCUT2D eigenvalue weighted by Crippen LogP contribution is -2.51. The van der Waals surface area contributed by atoms with E-state index in [-0.39, 0.29) is 29.4 Å². The van der Waals surface area contributed by atoms with E-state index < -0.39 is 51.4 Å². The maximum absolute atomic E-state index is 14.5. The molecule has 0 radical (unpaired) electrons. The van der Waals surface area contributed by atoms with Crippen LogP contribution < -0.4 is 4.18 Å². The Morgan fingerprint density at radius 3 is 1.80 bits per heavy atom. The van der Waals surface area contributed by atoms with Crippen molar-refractivity contribution in [3.05, 3.63) is 131 Å². The van der Waals surface area contributed by atoms with Gasteiger partial charge in [-0.25, -0.2) is 0 Å². The molecule has 0 saturated carbocycles. The van der Waals surface area contributed by atoms with Crippen molar-refractivity contribution in [2.24, 2.45) is 11.3 Å². The lowest BCUT2D eigenvalue weighted by molar-refractivity contribution is -0.178. The fraction of sp³-hybridized carbons (Fsp3) is 0.250. The van der Waals surface area contributed by atoms with Crippen LogP contribution in [0.15, 0.2) is 114 Å². The average Bonchev–Trinajstić information content (AvgIpc) is 3.43. The Morgan fingerprint density at radius 1 is 0.717 bits per heavy atom. The van der Waals surface area contributed by atoms with Crippen molar-refractivity contribution in [1.29, 1.82) is 0 Å². The second kappa shape index (κ2) is 13.7. The van der Waals surface area contributed by atoms with E-state index in [0.717, 1.165) is 5.56 Å². The van der Waals surface area contributed by atoms with E-state index in [4.69, 9.17) is 18.4 Å². The van der Waals surface area contributed by atoms with E-state index in [2.05, 4.69) is 0 Å². The third-order valence-corrected chi connectivity index (χ3v) is 9.14. The van der Waals surface area contributed by atoms with Gasteiger partial charge in [-0.05, 0) is 56.2 Å². The number of hydrogen-bond donors (Lipinski definition) is 0. The minimum atomic E-state index is -4.13. The smallest absolute Gasteiger partial charge is 0.339 e. The maximum atomic E-state index is 14.5. The van der Waals surface area contributed by atoms with Crippen LogP contribution in [0, 0.1) is 18.3 Å². The van der Waals surface area contributed by atoms with E-state index in [1.165, 1.54) is 24.3 Å². The quantitative estimate of drug-likeness (QED) is 0.0816. The SMILES string of the molecule is CCOC(=O)C1(C(=O)OCC)[C@H](C(=O)c2ccccc2)[C@@H](c2ccc(OS(=O)(=O)c3ccc(C)cc3)cc2)O[C@H]1c1ccccc1. The van der Waals surface area contributed by atoms with Gasteiger partial charge in [-0.1, -0.05) is 90.5 Å². The van der Waals surface area contributed by atoms with Gasteiger partial charge in [-0.2, -0.15) is 8.42 Å². The average molecular weight is 643 g/mol. The summed E-state index contributed by atoms with van der Waals surface area (Å²) in [6, 6.07) is 29.2. The minimum absolute atomic E-state index is 0.00538. The molecule has 0 bridgehead atoms. The number of esters is 2. The normalized spacial score (nSPS) is 18.8. The van der Waals surface area contributed by atoms with Crippen molar-refractivity contribution in [3.63, 3.8) is 0 Å². The zero-order valence-corrected chi connectivity index (χ0v) is 26.4. The first-order valence-corrected chi connectivity index (χ1v) is 16.3. The maximum Gasteiger partial charge on any atom is 0.339 e. The Bertz CT molecular complexity index is 1770. The lowest BCUT2D eigenvalue weighted by Gasteiger charge is -2.33. The lowest BCUT2D eigenvalue weighted by atomic mass is 9.66. The molecule has 4 aromatic carbocycles. The summed E-state index contributed by atoms with van der Waals surface area (Å²) in [5, 5.41) is 0. The molecule has 0 N–H and O–H groups in total. The van der Waals surface area contributed by atoms with Crippen molar-refractivity contribution in [2.45, 2.75) is 37.9 Å². The molecule has 0 unspecified atom stereocenters. The standard InChI is InChI=1S/C36H34O9S/c1-4-42-34(38)36(35(39)43-5-2)30(31(37)25-12-8-6-9-13-25)32(44-33(36)27-14-10-7-11-15-27)26-18-20-28(21-19-26)45-46(40,41)29-22-16-24(3)17-23-29/h6-23,30,32-33H,4-5H2,1-3H3/t30-,32-,33+/m1/s1. The van der Waals surface area contributed by atoms with Crippen LogP contribution in [0.1, 0.15) is 53.1 Å². The molecule has 4 aromatic rings. The van der Waals surface area contributed by atoms with Crippen LogP contribution >= 0.6 is 0 Å². The number of hydrogen-bond acceptors (Lipinski definition) is 9. The fourth-order valence-electron chi connectivity index (χ4n) is 5.75. The van der Waals surface area contributed by atoms with Gasteiger partial charge in [0.2, 0.25) is 5.41 Å². The van der Waals surface area contributed by atoms with Crippen LogP contribution in [0.25, 0.3) is 0 Å². The summed E-state index contributed by atoms with van der Waals surface area (Å²) < 4.78 is 48.8. The van der Waals surface area contributed by atoms with Crippen LogP contribution in [-0.2, 0) is 33.9 Å².